The Morgan fingerprint density at radius 3 is 2.39 bits per heavy atom. The lowest BCUT2D eigenvalue weighted by atomic mass is 10.1. The summed E-state index contributed by atoms with van der Waals surface area (Å²) in [5.74, 6) is -0.982. The van der Waals surface area contributed by atoms with Crippen molar-refractivity contribution >= 4 is 17.8 Å². The summed E-state index contributed by atoms with van der Waals surface area (Å²) in [6.45, 7) is 0.156. The molecule has 0 saturated heterocycles. The Bertz CT molecular complexity index is 942. The monoisotopic (exact) mass is 378 g/mol. The number of carbonyl (C=O) groups excluding carboxylic acids is 3. The van der Waals surface area contributed by atoms with E-state index in [2.05, 4.69) is 0 Å². The highest BCUT2D eigenvalue weighted by Crippen LogP contribution is 2.26. The zero-order chi connectivity index (χ0) is 20.1. The number of nitrogens with zero attached hydrogens (tertiary/aromatic N) is 2. The third kappa shape index (κ3) is 3.71. The average molecular weight is 378 g/mol. The molecule has 2 aromatic carbocycles. The number of benzene rings is 2. The van der Waals surface area contributed by atoms with Crippen LogP contribution in [0.1, 0.15) is 49.5 Å². The summed E-state index contributed by atoms with van der Waals surface area (Å²) in [5, 5.41) is 8.54. The van der Waals surface area contributed by atoms with Gasteiger partial charge in [-0.25, -0.2) is 4.79 Å². The zero-order valence-corrected chi connectivity index (χ0v) is 15.3. The molecule has 142 valence electrons. The Morgan fingerprint density at radius 1 is 1.11 bits per heavy atom. The molecule has 0 aliphatic carbocycles. The van der Waals surface area contributed by atoms with Gasteiger partial charge in [0.25, 0.3) is 11.8 Å². The van der Waals surface area contributed by atoms with E-state index in [1.165, 1.54) is 7.11 Å². The largest absolute Gasteiger partial charge is 0.496 e. The number of nitriles is 1. The molecule has 0 fully saturated rings. The molecule has 7 nitrogen and oxygen atoms in total. The van der Waals surface area contributed by atoms with Crippen molar-refractivity contribution in [1.29, 1.82) is 5.26 Å². The molecule has 0 atom stereocenters. The highest BCUT2D eigenvalue weighted by atomic mass is 16.5. The van der Waals surface area contributed by atoms with Crippen molar-refractivity contribution in [3.05, 3.63) is 64.7 Å². The molecule has 1 heterocycles. The molecule has 1 aliphatic rings. The van der Waals surface area contributed by atoms with Crippen LogP contribution in [0.5, 0.6) is 5.75 Å². The highest BCUT2D eigenvalue weighted by molar-refractivity contribution is 6.21. The van der Waals surface area contributed by atoms with Gasteiger partial charge in [0.1, 0.15) is 11.3 Å². The quantitative estimate of drug-likeness (QED) is 0.417. The maximum atomic E-state index is 12.5. The molecule has 28 heavy (non-hydrogen) atoms. The molecule has 0 saturated carbocycles. The number of hydrogen-bond donors (Lipinski definition) is 0. The van der Waals surface area contributed by atoms with Crippen molar-refractivity contribution in [1.82, 2.24) is 4.90 Å². The number of carbonyl (C=O) groups is 3. The van der Waals surface area contributed by atoms with Crippen LogP contribution in [-0.4, -0.2) is 36.4 Å². The van der Waals surface area contributed by atoms with Gasteiger partial charge in [-0.05, 0) is 36.2 Å². The first-order valence-electron chi connectivity index (χ1n) is 8.73. The van der Waals surface area contributed by atoms with Crippen LogP contribution in [0.2, 0.25) is 0 Å². The predicted octanol–water partition coefficient (Wildman–Crippen LogP) is 2.95. The standard InChI is InChI=1S/C21H18N2O5/c1-27-18-9-8-14(12-17(18)21(26)28-11-5-4-10-22)13-23-19(24)15-6-2-3-7-16(15)20(23)25/h2-3,6-9,12H,4-5,11,13H2,1H3. The Morgan fingerprint density at radius 2 is 1.79 bits per heavy atom. The fourth-order valence-electron chi connectivity index (χ4n) is 2.97. The number of amides is 2. The molecule has 0 bridgehead atoms. The van der Waals surface area contributed by atoms with Gasteiger partial charge in [-0.3, -0.25) is 14.5 Å². The van der Waals surface area contributed by atoms with Crippen LogP contribution in [0.3, 0.4) is 0 Å². The molecule has 3 rings (SSSR count). The van der Waals surface area contributed by atoms with Gasteiger partial charge >= 0.3 is 5.97 Å². The lowest BCUT2D eigenvalue weighted by Crippen LogP contribution is -2.29. The smallest absolute Gasteiger partial charge is 0.341 e. The van der Waals surface area contributed by atoms with Gasteiger partial charge in [0.15, 0.2) is 0 Å². The summed E-state index contributed by atoms with van der Waals surface area (Å²) in [5.41, 5.74) is 1.55. The van der Waals surface area contributed by atoms with Crippen LogP contribution in [0.25, 0.3) is 0 Å². The van der Waals surface area contributed by atoms with Gasteiger partial charge in [-0.15, -0.1) is 0 Å². The second kappa shape index (κ2) is 8.35. The van der Waals surface area contributed by atoms with Crippen molar-refractivity contribution in [3.63, 3.8) is 0 Å². The minimum absolute atomic E-state index is 0.0328. The normalized spacial score (nSPS) is 12.5. The van der Waals surface area contributed by atoms with Gasteiger partial charge < -0.3 is 9.47 Å². The highest BCUT2D eigenvalue weighted by Gasteiger charge is 2.35. The first-order valence-corrected chi connectivity index (χ1v) is 8.73. The summed E-state index contributed by atoms with van der Waals surface area (Å²) in [4.78, 5) is 38.5. The van der Waals surface area contributed by atoms with E-state index in [0.717, 1.165) is 4.90 Å². The summed E-state index contributed by atoms with van der Waals surface area (Å²) in [6.07, 6.45) is 0.740. The van der Waals surface area contributed by atoms with Gasteiger partial charge in [0, 0.05) is 6.42 Å². The van der Waals surface area contributed by atoms with Crippen LogP contribution in [0, 0.1) is 11.3 Å². The molecule has 0 aromatic heterocycles. The van der Waals surface area contributed by atoms with E-state index in [-0.39, 0.29) is 30.5 Å². The van der Waals surface area contributed by atoms with Gasteiger partial charge in [-0.1, -0.05) is 18.2 Å². The number of ether oxygens (including phenoxy) is 2. The van der Waals surface area contributed by atoms with E-state index in [9.17, 15) is 14.4 Å². The van der Waals surface area contributed by atoms with Crippen molar-refractivity contribution in [3.8, 4) is 11.8 Å². The number of hydrogen-bond acceptors (Lipinski definition) is 6. The van der Waals surface area contributed by atoms with E-state index >= 15 is 0 Å². The van der Waals surface area contributed by atoms with E-state index < -0.39 is 5.97 Å². The molecule has 0 unspecified atom stereocenters. The van der Waals surface area contributed by atoms with Crippen molar-refractivity contribution in [2.45, 2.75) is 19.4 Å². The summed E-state index contributed by atoms with van der Waals surface area (Å²) >= 11 is 0. The van der Waals surface area contributed by atoms with Crippen molar-refractivity contribution in [2.75, 3.05) is 13.7 Å². The number of unbranched alkanes of at least 4 members (excludes halogenated alkanes) is 1. The number of imide groups is 1. The Labute approximate surface area is 162 Å². The average Bonchev–Trinajstić information content (AvgIpc) is 2.96. The molecule has 1 aliphatic heterocycles. The van der Waals surface area contributed by atoms with E-state index in [0.29, 0.717) is 35.3 Å². The third-order valence-electron chi connectivity index (χ3n) is 4.37. The molecule has 7 heteroatoms. The molecule has 0 spiro atoms. The molecular weight excluding hydrogens is 360 g/mol. The summed E-state index contributed by atoms with van der Waals surface area (Å²) in [6, 6.07) is 13.5. The summed E-state index contributed by atoms with van der Waals surface area (Å²) in [7, 11) is 1.44. The van der Waals surface area contributed by atoms with Crippen LogP contribution in [0.15, 0.2) is 42.5 Å². The van der Waals surface area contributed by atoms with Crippen LogP contribution < -0.4 is 4.74 Å². The van der Waals surface area contributed by atoms with Gasteiger partial charge in [-0.2, -0.15) is 5.26 Å². The number of esters is 1. The molecular formula is C21H18N2O5. The van der Waals surface area contributed by atoms with E-state index in [1.807, 2.05) is 6.07 Å². The Hall–Kier alpha value is -3.66. The second-order valence-electron chi connectivity index (χ2n) is 6.17. The lowest BCUT2D eigenvalue weighted by Gasteiger charge is -2.16. The SMILES string of the molecule is COc1ccc(CN2C(=O)c3ccccc3C2=O)cc1C(=O)OCCCC#N. The second-order valence-corrected chi connectivity index (χ2v) is 6.17. The zero-order valence-electron chi connectivity index (χ0n) is 15.3. The lowest BCUT2D eigenvalue weighted by molar-refractivity contribution is 0.0497. The minimum Gasteiger partial charge on any atom is -0.496 e. The topological polar surface area (TPSA) is 96.7 Å². The predicted molar refractivity (Wildman–Crippen MR) is 98.8 cm³/mol. The Kier molecular flexibility index (Phi) is 5.70. The van der Waals surface area contributed by atoms with Crippen LogP contribution >= 0.6 is 0 Å². The minimum atomic E-state index is -0.584. The fourth-order valence-corrected chi connectivity index (χ4v) is 2.97. The van der Waals surface area contributed by atoms with Gasteiger partial charge in [0.2, 0.25) is 0 Å². The molecule has 2 amide bonds. The third-order valence-corrected chi connectivity index (χ3v) is 4.37. The first-order chi connectivity index (χ1) is 13.6. The fraction of sp³-hybridized carbons (Fsp3) is 0.238. The van der Waals surface area contributed by atoms with E-state index in [4.69, 9.17) is 14.7 Å². The van der Waals surface area contributed by atoms with Gasteiger partial charge in [0.05, 0.1) is 37.5 Å². The van der Waals surface area contributed by atoms with Crippen molar-refractivity contribution < 1.29 is 23.9 Å². The molecule has 0 N–H and O–H groups in total. The maximum Gasteiger partial charge on any atom is 0.341 e. The number of fused-ring (bicyclic) bond motifs is 1. The maximum absolute atomic E-state index is 12.5. The van der Waals surface area contributed by atoms with Crippen LogP contribution in [-0.2, 0) is 11.3 Å². The van der Waals surface area contributed by atoms with Crippen LogP contribution in [0.4, 0.5) is 0 Å². The first kappa shape index (κ1) is 19.1. The molecule has 0 radical (unpaired) electrons. The molecule has 2 aromatic rings. The number of rotatable bonds is 7. The van der Waals surface area contributed by atoms with E-state index in [1.54, 1.807) is 42.5 Å². The summed E-state index contributed by atoms with van der Waals surface area (Å²) < 4.78 is 10.4. The Balaban J connectivity index is 1.79. The number of methoxy groups -OCH3 is 1. The van der Waals surface area contributed by atoms with Crippen molar-refractivity contribution in [2.24, 2.45) is 0 Å².